The van der Waals surface area contributed by atoms with Gasteiger partial charge in [-0.2, -0.15) is 4.79 Å². The van der Waals surface area contributed by atoms with Crippen molar-refractivity contribution in [2.75, 3.05) is 18.6 Å². The third-order valence-electron chi connectivity index (χ3n) is 5.24. The number of esters is 1. The lowest BCUT2D eigenvalue weighted by Crippen LogP contribution is -2.50. The number of amides is 3. The van der Waals surface area contributed by atoms with E-state index in [2.05, 4.69) is 9.53 Å². The van der Waals surface area contributed by atoms with Crippen molar-refractivity contribution in [3.63, 3.8) is 0 Å². The van der Waals surface area contributed by atoms with Crippen LogP contribution in [0.3, 0.4) is 0 Å². The number of anilines is 1. The average Bonchev–Trinajstić information content (AvgIpc) is 3.25. The number of para-hydroxylation sites is 1. The molecule has 3 amide bonds. The molecule has 1 unspecified atom stereocenters. The van der Waals surface area contributed by atoms with Gasteiger partial charge in [-0.05, 0) is 30.2 Å². The highest BCUT2D eigenvalue weighted by Crippen LogP contribution is 2.34. The Hall–Kier alpha value is -4.10. The monoisotopic (exact) mass is 404 g/mol. The van der Waals surface area contributed by atoms with Crippen LogP contribution in [0.5, 0.6) is 0 Å². The highest BCUT2D eigenvalue weighted by atomic mass is 16.5. The normalized spacial score (nSPS) is 16.8. The van der Waals surface area contributed by atoms with Gasteiger partial charge in [0.25, 0.3) is 11.8 Å². The maximum atomic E-state index is 13.1. The number of carbonyl (C=O) groups is 4. The number of fused-ring (bicyclic) bond motifs is 2. The summed E-state index contributed by atoms with van der Waals surface area (Å²) in [6.45, 7) is -0.0767. The number of ether oxygens (including phenoxy) is 1. The van der Waals surface area contributed by atoms with E-state index >= 15 is 0 Å². The van der Waals surface area contributed by atoms with E-state index in [9.17, 15) is 24.7 Å². The van der Waals surface area contributed by atoms with Crippen LogP contribution >= 0.6 is 0 Å². The predicted octanol–water partition coefficient (Wildman–Crippen LogP) is 1.08. The van der Waals surface area contributed by atoms with Crippen molar-refractivity contribution in [2.45, 2.75) is 12.5 Å². The zero-order valence-electron chi connectivity index (χ0n) is 15.9. The van der Waals surface area contributed by atoms with Gasteiger partial charge in [-0.25, -0.2) is 4.79 Å². The molecule has 0 bridgehead atoms. The first-order chi connectivity index (χ1) is 14.5. The molecule has 0 fully saturated rings. The Labute approximate surface area is 171 Å². The summed E-state index contributed by atoms with van der Waals surface area (Å²) in [6.07, 6.45) is 0.356. The topological polar surface area (TPSA) is 120 Å². The second-order valence-corrected chi connectivity index (χ2v) is 6.87. The van der Waals surface area contributed by atoms with Gasteiger partial charge >= 0.3 is 17.6 Å². The molecule has 4 rings (SSSR count). The minimum Gasteiger partial charge on any atom is -0.460 e. The molecule has 0 aliphatic carbocycles. The van der Waals surface area contributed by atoms with Crippen molar-refractivity contribution >= 4 is 35.1 Å². The first-order valence-electron chi connectivity index (χ1n) is 9.15. The molecule has 2 heterocycles. The summed E-state index contributed by atoms with van der Waals surface area (Å²) in [6, 6.07) is 12.9. The molecule has 30 heavy (non-hydrogen) atoms. The lowest BCUT2D eigenvalue weighted by molar-refractivity contribution is -0.139. The van der Waals surface area contributed by atoms with Crippen LogP contribution in [0.2, 0.25) is 0 Å². The highest BCUT2D eigenvalue weighted by Gasteiger charge is 2.45. The summed E-state index contributed by atoms with van der Waals surface area (Å²) in [5, 5.41) is 0. The first kappa shape index (κ1) is 19.2. The number of hydrogen-bond donors (Lipinski definition) is 0. The Kier molecular flexibility index (Phi) is 4.73. The van der Waals surface area contributed by atoms with Gasteiger partial charge in [-0.1, -0.05) is 30.3 Å². The molecule has 9 heteroatoms. The summed E-state index contributed by atoms with van der Waals surface area (Å²) < 4.78 is 4.52. The van der Waals surface area contributed by atoms with E-state index in [-0.39, 0.29) is 6.54 Å². The molecule has 2 aliphatic rings. The third-order valence-corrected chi connectivity index (χ3v) is 5.24. The van der Waals surface area contributed by atoms with Crippen LogP contribution in [0.1, 0.15) is 26.3 Å². The summed E-state index contributed by atoms with van der Waals surface area (Å²) in [4.78, 5) is 55.6. The zero-order chi connectivity index (χ0) is 21.4. The average molecular weight is 404 g/mol. The zero-order valence-corrected chi connectivity index (χ0v) is 15.9. The van der Waals surface area contributed by atoms with Gasteiger partial charge in [0.1, 0.15) is 0 Å². The largest absolute Gasteiger partial charge is 0.463 e. The van der Waals surface area contributed by atoms with Gasteiger partial charge in [-0.3, -0.25) is 24.2 Å². The van der Waals surface area contributed by atoms with E-state index in [4.69, 9.17) is 0 Å². The van der Waals surface area contributed by atoms with E-state index in [1.807, 2.05) is 6.07 Å². The first-order valence-corrected chi connectivity index (χ1v) is 9.15. The fourth-order valence-electron chi connectivity index (χ4n) is 3.88. The Morgan fingerprint density at radius 3 is 2.27 bits per heavy atom. The van der Waals surface area contributed by atoms with Crippen molar-refractivity contribution in [2.24, 2.45) is 0 Å². The Morgan fingerprint density at radius 1 is 1.07 bits per heavy atom. The molecule has 2 aromatic rings. The predicted molar refractivity (Wildman–Crippen MR) is 104 cm³/mol. The van der Waals surface area contributed by atoms with Crippen molar-refractivity contribution in [1.82, 2.24) is 4.90 Å². The molecule has 2 aliphatic heterocycles. The van der Waals surface area contributed by atoms with Crippen molar-refractivity contribution in [1.29, 1.82) is 0 Å². The molecule has 2 aromatic carbocycles. The Balaban J connectivity index is 1.69. The minimum atomic E-state index is -1.09. The highest BCUT2D eigenvalue weighted by molar-refractivity contribution is 6.64. The van der Waals surface area contributed by atoms with Gasteiger partial charge in [-0.15, -0.1) is 0 Å². The van der Waals surface area contributed by atoms with Crippen molar-refractivity contribution in [3.05, 3.63) is 70.8 Å². The van der Waals surface area contributed by atoms with E-state index in [1.54, 1.807) is 42.5 Å². The maximum absolute atomic E-state index is 13.1. The molecule has 9 nitrogen and oxygen atoms in total. The molecule has 0 radical (unpaired) electrons. The summed E-state index contributed by atoms with van der Waals surface area (Å²) in [7, 11) is 1.06. The smallest absolute Gasteiger partial charge is 0.460 e. The van der Waals surface area contributed by atoms with Crippen LogP contribution < -0.4 is 4.90 Å². The summed E-state index contributed by atoms with van der Waals surface area (Å²) >= 11 is 0. The summed E-state index contributed by atoms with van der Waals surface area (Å²) in [5.74, 6) is -2.85. The van der Waals surface area contributed by atoms with Gasteiger partial charge < -0.3 is 10.3 Å². The Bertz CT molecular complexity index is 1120. The SMILES string of the molecule is COC(=O)C(=[N+]=[N-])C(=O)N1c2ccccc2CC1CN1C(=O)c2ccccc2C1=O. The van der Waals surface area contributed by atoms with Gasteiger partial charge in [0.2, 0.25) is 0 Å². The number of hydrogen-bond acceptors (Lipinski definition) is 5. The summed E-state index contributed by atoms with van der Waals surface area (Å²) in [5.41, 5.74) is 10.3. The van der Waals surface area contributed by atoms with Crippen LogP contribution in [0, 0.1) is 0 Å². The third kappa shape index (κ3) is 2.89. The number of methoxy groups -OCH3 is 1. The molecular formula is C21H16N4O5. The molecular weight excluding hydrogens is 388 g/mol. The second kappa shape index (κ2) is 7.38. The standard InChI is InChI=1S/C21H16N4O5/c1-30-21(29)17(23-22)20(28)25-13(10-12-6-2-5-9-16(12)25)11-24-18(26)14-7-3-4-8-15(14)19(24)27/h2-9,13H,10-11H2,1H3. The van der Waals surface area contributed by atoms with Crippen molar-refractivity contribution < 1.29 is 28.7 Å². The lowest BCUT2D eigenvalue weighted by Gasteiger charge is -2.27. The number of carbonyl (C=O) groups excluding carboxylic acids is 4. The molecule has 0 spiro atoms. The molecule has 150 valence electrons. The van der Waals surface area contributed by atoms with Crippen LogP contribution in [0.15, 0.2) is 48.5 Å². The van der Waals surface area contributed by atoms with Crippen LogP contribution in [0.25, 0.3) is 5.53 Å². The van der Waals surface area contributed by atoms with Crippen LogP contribution in [0.4, 0.5) is 5.69 Å². The molecule has 0 N–H and O–H groups in total. The van der Waals surface area contributed by atoms with Crippen LogP contribution in [-0.4, -0.2) is 58.8 Å². The minimum absolute atomic E-state index is 0.0767. The van der Waals surface area contributed by atoms with Crippen molar-refractivity contribution in [3.8, 4) is 0 Å². The number of rotatable bonds is 4. The quantitative estimate of drug-likeness (QED) is 0.189. The van der Waals surface area contributed by atoms with E-state index in [0.29, 0.717) is 23.2 Å². The second-order valence-electron chi connectivity index (χ2n) is 6.87. The van der Waals surface area contributed by atoms with E-state index < -0.39 is 35.4 Å². The molecule has 0 saturated heterocycles. The Morgan fingerprint density at radius 2 is 1.67 bits per heavy atom. The van der Waals surface area contributed by atoms with E-state index in [1.165, 1.54) is 4.90 Å². The maximum Gasteiger partial charge on any atom is 0.463 e. The fourth-order valence-corrected chi connectivity index (χ4v) is 3.88. The molecule has 1 atom stereocenters. The van der Waals surface area contributed by atoms with Gasteiger partial charge in [0, 0.05) is 5.69 Å². The van der Waals surface area contributed by atoms with Gasteiger partial charge in [0.05, 0.1) is 30.8 Å². The molecule has 0 aromatic heterocycles. The van der Waals surface area contributed by atoms with Crippen LogP contribution in [-0.2, 0) is 20.7 Å². The molecule has 0 saturated carbocycles. The van der Waals surface area contributed by atoms with E-state index in [0.717, 1.165) is 17.6 Å². The lowest BCUT2D eigenvalue weighted by atomic mass is 10.1. The van der Waals surface area contributed by atoms with Gasteiger partial charge in [0.15, 0.2) is 0 Å². The fraction of sp³-hybridized carbons (Fsp3) is 0.190. The number of benzene rings is 2. The number of imide groups is 1. The number of nitrogens with zero attached hydrogens (tertiary/aromatic N) is 4.